The zero-order valence-electron chi connectivity index (χ0n) is 23.9. The smallest absolute Gasteiger partial charge is 0.325 e. The van der Waals surface area contributed by atoms with Gasteiger partial charge >= 0.3 is 12.0 Å². The number of carbonyl (C=O) groups is 3. The molecule has 2 aliphatic heterocycles. The Labute approximate surface area is 253 Å². The lowest BCUT2D eigenvalue weighted by Gasteiger charge is -2.43. The zero-order chi connectivity index (χ0) is 29.4. The highest BCUT2D eigenvalue weighted by molar-refractivity contribution is 6.42. The summed E-state index contributed by atoms with van der Waals surface area (Å²) in [5.41, 5.74) is 1.72. The average molecular weight is 604 g/mol. The fraction of sp³-hybridized carbons (Fsp3) is 0.516. The number of rotatable bonds is 11. The number of urea groups is 1. The Morgan fingerprint density at radius 1 is 1.02 bits per heavy atom. The summed E-state index contributed by atoms with van der Waals surface area (Å²) in [5.74, 6) is -0.287. The van der Waals surface area contributed by atoms with E-state index in [0.717, 1.165) is 57.4 Å². The number of hydrogen-bond donors (Lipinski definition) is 0. The predicted octanol–water partition coefficient (Wildman–Crippen LogP) is 5.39. The lowest BCUT2D eigenvalue weighted by molar-refractivity contribution is -0.144. The molecule has 2 heterocycles. The second-order valence-corrected chi connectivity index (χ2v) is 11.7. The van der Waals surface area contributed by atoms with Crippen LogP contribution in [0, 0.1) is 0 Å². The molecule has 2 aliphatic rings. The molecule has 41 heavy (non-hydrogen) atoms. The van der Waals surface area contributed by atoms with E-state index in [4.69, 9.17) is 27.9 Å². The van der Waals surface area contributed by atoms with Gasteiger partial charge in [-0.25, -0.2) is 4.79 Å². The number of esters is 1. The Balaban J connectivity index is 1.34. The minimum Gasteiger partial charge on any atom is -0.465 e. The molecule has 0 N–H and O–H groups in total. The quantitative estimate of drug-likeness (QED) is 0.322. The highest BCUT2D eigenvalue weighted by Crippen LogP contribution is 2.30. The van der Waals surface area contributed by atoms with E-state index in [-0.39, 0.29) is 36.4 Å². The van der Waals surface area contributed by atoms with Crippen molar-refractivity contribution in [1.82, 2.24) is 19.6 Å². The third kappa shape index (κ3) is 8.37. The van der Waals surface area contributed by atoms with Crippen molar-refractivity contribution in [3.63, 3.8) is 0 Å². The minimum absolute atomic E-state index is 0.0132. The molecule has 3 amide bonds. The number of benzene rings is 2. The summed E-state index contributed by atoms with van der Waals surface area (Å²) in [7, 11) is 1.84. The first-order valence-corrected chi connectivity index (χ1v) is 15.2. The molecule has 222 valence electrons. The van der Waals surface area contributed by atoms with Gasteiger partial charge in [0.15, 0.2) is 0 Å². The summed E-state index contributed by atoms with van der Waals surface area (Å²) in [5, 5.41) is 1.02. The van der Waals surface area contributed by atoms with Crippen molar-refractivity contribution >= 4 is 41.1 Å². The molecule has 10 heteroatoms. The van der Waals surface area contributed by atoms with Crippen molar-refractivity contribution in [2.24, 2.45) is 0 Å². The SMILES string of the molecule is CCOC(=O)CN1CCCN(C2CCN(CC[C@H](CN(C)C(=O)c3ccccc3)c3ccc(Cl)c(Cl)c3)CC2)C1=O. The number of likely N-dealkylation sites (tertiary alicyclic amines) is 1. The third-order valence-corrected chi connectivity index (χ3v) is 8.78. The molecule has 2 fully saturated rings. The molecular weight excluding hydrogens is 563 g/mol. The van der Waals surface area contributed by atoms with Crippen LogP contribution in [0.4, 0.5) is 4.79 Å². The minimum atomic E-state index is -0.356. The molecule has 0 aliphatic carbocycles. The Morgan fingerprint density at radius 2 is 1.76 bits per heavy atom. The van der Waals surface area contributed by atoms with Crippen molar-refractivity contribution < 1.29 is 19.1 Å². The van der Waals surface area contributed by atoms with Crippen LogP contribution in [0.1, 0.15) is 54.4 Å². The van der Waals surface area contributed by atoms with E-state index in [2.05, 4.69) is 4.90 Å². The van der Waals surface area contributed by atoms with Gasteiger partial charge in [0.2, 0.25) is 0 Å². The summed E-state index contributed by atoms with van der Waals surface area (Å²) in [6.45, 7) is 6.61. The highest BCUT2D eigenvalue weighted by atomic mass is 35.5. The van der Waals surface area contributed by atoms with Gasteiger partial charge in [-0.3, -0.25) is 9.59 Å². The topological polar surface area (TPSA) is 73.4 Å². The van der Waals surface area contributed by atoms with E-state index in [1.807, 2.05) is 60.5 Å². The first kappa shape index (κ1) is 31.1. The first-order valence-electron chi connectivity index (χ1n) is 14.5. The van der Waals surface area contributed by atoms with Crippen molar-refractivity contribution in [1.29, 1.82) is 0 Å². The summed E-state index contributed by atoms with van der Waals surface area (Å²) in [4.78, 5) is 45.9. The van der Waals surface area contributed by atoms with E-state index < -0.39 is 0 Å². The van der Waals surface area contributed by atoms with E-state index in [9.17, 15) is 14.4 Å². The second-order valence-electron chi connectivity index (χ2n) is 10.8. The van der Waals surface area contributed by atoms with Crippen LogP contribution >= 0.6 is 23.2 Å². The molecule has 0 radical (unpaired) electrons. The molecule has 2 aromatic rings. The zero-order valence-corrected chi connectivity index (χ0v) is 25.4. The van der Waals surface area contributed by atoms with Crippen LogP contribution in [0.3, 0.4) is 0 Å². The van der Waals surface area contributed by atoms with Crippen molar-refractivity contribution in [2.45, 2.75) is 44.6 Å². The molecule has 1 atom stereocenters. The molecule has 0 saturated carbocycles. The van der Waals surface area contributed by atoms with Gasteiger partial charge in [-0.1, -0.05) is 47.5 Å². The van der Waals surface area contributed by atoms with E-state index in [0.29, 0.717) is 35.3 Å². The number of piperidine rings is 1. The van der Waals surface area contributed by atoms with Gasteiger partial charge in [0.1, 0.15) is 6.54 Å². The largest absolute Gasteiger partial charge is 0.465 e. The van der Waals surface area contributed by atoms with Crippen LogP contribution in [0.2, 0.25) is 10.0 Å². The summed E-state index contributed by atoms with van der Waals surface area (Å²) >= 11 is 12.6. The van der Waals surface area contributed by atoms with Crippen molar-refractivity contribution in [3.05, 3.63) is 69.7 Å². The Kier molecular flexibility index (Phi) is 11.3. The van der Waals surface area contributed by atoms with Gasteiger partial charge in [0, 0.05) is 57.3 Å². The monoisotopic (exact) mass is 602 g/mol. The number of carbonyl (C=O) groups excluding carboxylic acids is 3. The van der Waals surface area contributed by atoms with Crippen LogP contribution in [-0.2, 0) is 9.53 Å². The number of halogens is 2. The van der Waals surface area contributed by atoms with Gasteiger partial charge in [-0.05, 0) is 69.0 Å². The van der Waals surface area contributed by atoms with Gasteiger partial charge in [-0.15, -0.1) is 0 Å². The van der Waals surface area contributed by atoms with Crippen LogP contribution < -0.4 is 0 Å². The van der Waals surface area contributed by atoms with Gasteiger partial charge in [0.05, 0.1) is 16.7 Å². The molecule has 0 aromatic heterocycles. The Morgan fingerprint density at radius 3 is 2.44 bits per heavy atom. The van der Waals surface area contributed by atoms with Crippen LogP contribution in [-0.4, -0.2) is 103 Å². The normalized spacial score (nSPS) is 17.4. The lowest BCUT2D eigenvalue weighted by Crippen LogP contribution is -2.56. The fourth-order valence-corrected chi connectivity index (χ4v) is 6.10. The first-order chi connectivity index (χ1) is 19.8. The summed E-state index contributed by atoms with van der Waals surface area (Å²) in [6, 6.07) is 15.1. The molecule has 0 unspecified atom stereocenters. The Hall–Kier alpha value is -2.81. The van der Waals surface area contributed by atoms with Gasteiger partial charge < -0.3 is 24.3 Å². The number of likely N-dealkylation sites (N-methyl/N-ethyl adjacent to an activating group) is 1. The highest BCUT2D eigenvalue weighted by Gasteiger charge is 2.34. The Bertz CT molecular complexity index is 1190. The van der Waals surface area contributed by atoms with Crippen LogP contribution in [0.15, 0.2) is 48.5 Å². The number of ether oxygens (including phenoxy) is 1. The van der Waals surface area contributed by atoms with Crippen molar-refractivity contribution in [3.8, 4) is 0 Å². The lowest BCUT2D eigenvalue weighted by atomic mass is 9.93. The molecule has 2 saturated heterocycles. The molecule has 2 aromatic carbocycles. The van der Waals surface area contributed by atoms with Crippen LogP contribution in [0.5, 0.6) is 0 Å². The molecule has 0 bridgehead atoms. The van der Waals surface area contributed by atoms with E-state index in [1.54, 1.807) is 16.7 Å². The van der Waals surface area contributed by atoms with Crippen molar-refractivity contribution in [2.75, 3.05) is 59.5 Å². The molecule has 4 rings (SSSR count). The summed E-state index contributed by atoms with van der Waals surface area (Å²) < 4.78 is 5.04. The molecular formula is C31H40Cl2N4O4. The van der Waals surface area contributed by atoms with Gasteiger partial charge in [-0.2, -0.15) is 0 Å². The average Bonchev–Trinajstić information content (AvgIpc) is 2.98. The fourth-order valence-electron chi connectivity index (χ4n) is 5.79. The third-order valence-electron chi connectivity index (χ3n) is 8.04. The van der Waals surface area contributed by atoms with Gasteiger partial charge in [0.25, 0.3) is 5.91 Å². The molecule has 0 spiro atoms. The summed E-state index contributed by atoms with van der Waals surface area (Å²) in [6.07, 6.45) is 3.49. The predicted molar refractivity (Wildman–Crippen MR) is 162 cm³/mol. The second kappa shape index (κ2) is 14.9. The number of amides is 3. The maximum atomic E-state index is 13.1. The number of nitrogens with zero attached hydrogens (tertiary/aromatic N) is 4. The maximum absolute atomic E-state index is 13.1. The molecule has 8 nitrogen and oxygen atoms in total. The maximum Gasteiger partial charge on any atom is 0.325 e. The van der Waals surface area contributed by atoms with E-state index in [1.165, 1.54) is 0 Å². The van der Waals surface area contributed by atoms with E-state index >= 15 is 0 Å². The number of hydrogen-bond acceptors (Lipinski definition) is 5. The van der Waals surface area contributed by atoms with Crippen LogP contribution in [0.25, 0.3) is 0 Å². The standard InChI is InChI=1S/C31H40Cl2N4O4/c1-3-41-29(38)22-36-15-7-16-37(31(36)40)26-13-18-35(19-14-26)17-12-25(24-10-11-27(32)28(33)20-24)21-34(2)30(39)23-8-5-4-6-9-23/h4-6,8-11,20,25-26H,3,7,12-19,21-22H2,1-2H3/t25-/m1/s1.